The van der Waals surface area contributed by atoms with Gasteiger partial charge in [0.15, 0.2) is 0 Å². The molecule has 1 aromatic carbocycles. The van der Waals surface area contributed by atoms with E-state index in [1.54, 1.807) is 0 Å². The van der Waals surface area contributed by atoms with Gasteiger partial charge in [0.25, 0.3) is 0 Å². The molecule has 2 N–H and O–H groups in total. The van der Waals surface area contributed by atoms with Gasteiger partial charge in [0.1, 0.15) is 12.4 Å². The molecule has 0 aliphatic heterocycles. The molecular weight excluding hydrogens is 189 g/mol. The van der Waals surface area contributed by atoms with Crippen molar-refractivity contribution in [3.63, 3.8) is 0 Å². The van der Waals surface area contributed by atoms with Crippen LogP contribution >= 0.6 is 0 Å². The highest BCUT2D eigenvalue weighted by molar-refractivity contribution is 5.84. The van der Waals surface area contributed by atoms with Gasteiger partial charge >= 0.3 is 6.09 Å². The molecule has 0 aliphatic carbocycles. The van der Waals surface area contributed by atoms with Crippen molar-refractivity contribution in [1.29, 1.82) is 0 Å². The molecule has 14 heavy (non-hydrogen) atoms. The smallest absolute Gasteiger partial charge is 0.411 e. The maximum absolute atomic E-state index is 12.6. The van der Waals surface area contributed by atoms with E-state index in [-0.39, 0.29) is 13.2 Å². The first kappa shape index (κ1) is 10.5. The minimum Gasteiger partial charge on any atom is -0.447 e. The Morgan fingerprint density at radius 3 is 3.00 bits per heavy atom. The monoisotopic (exact) mass is 199 g/mol. The molecule has 0 bridgehead atoms. The van der Waals surface area contributed by atoms with Crippen LogP contribution in [0.15, 0.2) is 24.3 Å². The molecule has 76 valence electrons. The van der Waals surface area contributed by atoms with Crippen LogP contribution in [0.1, 0.15) is 0 Å². The largest absolute Gasteiger partial charge is 0.447 e. The molecule has 5 heteroatoms. The third-order valence-corrected chi connectivity index (χ3v) is 1.40. The summed E-state index contributed by atoms with van der Waals surface area (Å²) < 4.78 is 17.1. The Kier molecular flexibility index (Phi) is 3.87. The summed E-state index contributed by atoms with van der Waals surface area (Å²) in [6, 6.07) is 5.44. The van der Waals surface area contributed by atoms with E-state index in [0.717, 1.165) is 0 Å². The van der Waals surface area contributed by atoms with E-state index in [4.69, 9.17) is 5.11 Å². The Bertz CT molecular complexity index is 317. The number of ether oxygens (including phenoxy) is 1. The van der Waals surface area contributed by atoms with Crippen molar-refractivity contribution < 1.29 is 19.0 Å². The Morgan fingerprint density at radius 1 is 1.57 bits per heavy atom. The number of aliphatic hydroxyl groups is 1. The van der Waals surface area contributed by atoms with Gasteiger partial charge in [-0.25, -0.2) is 9.18 Å². The maximum Gasteiger partial charge on any atom is 0.411 e. The SMILES string of the molecule is O=C(Nc1cccc(F)c1)OCCO. The van der Waals surface area contributed by atoms with E-state index in [2.05, 4.69) is 10.1 Å². The fourth-order valence-corrected chi connectivity index (χ4v) is 0.859. The molecule has 1 amide bonds. The number of amides is 1. The second-order valence-electron chi connectivity index (χ2n) is 2.49. The molecule has 4 nitrogen and oxygen atoms in total. The second-order valence-corrected chi connectivity index (χ2v) is 2.49. The number of benzene rings is 1. The first-order valence-corrected chi connectivity index (χ1v) is 4.02. The summed E-state index contributed by atoms with van der Waals surface area (Å²) in [4.78, 5) is 10.9. The van der Waals surface area contributed by atoms with E-state index >= 15 is 0 Å². The van der Waals surface area contributed by atoms with Crippen molar-refractivity contribution in [3.8, 4) is 0 Å². The topological polar surface area (TPSA) is 58.6 Å². The number of hydrogen-bond acceptors (Lipinski definition) is 3. The number of anilines is 1. The van der Waals surface area contributed by atoms with Crippen LogP contribution in [-0.4, -0.2) is 24.4 Å². The number of halogens is 1. The quantitative estimate of drug-likeness (QED) is 0.772. The van der Waals surface area contributed by atoms with Crippen LogP contribution in [0.25, 0.3) is 0 Å². The summed E-state index contributed by atoms with van der Waals surface area (Å²) in [5.41, 5.74) is 0.313. The average Bonchev–Trinajstić information content (AvgIpc) is 2.15. The zero-order chi connectivity index (χ0) is 10.4. The van der Waals surface area contributed by atoms with Crippen LogP contribution < -0.4 is 5.32 Å². The summed E-state index contributed by atoms with van der Waals surface area (Å²) in [6.07, 6.45) is -0.718. The number of carbonyl (C=O) groups excluding carboxylic acids is 1. The van der Waals surface area contributed by atoms with Crippen molar-refractivity contribution in [1.82, 2.24) is 0 Å². The number of carbonyl (C=O) groups is 1. The molecule has 1 aromatic rings. The van der Waals surface area contributed by atoms with Crippen molar-refractivity contribution in [2.75, 3.05) is 18.5 Å². The van der Waals surface area contributed by atoms with Gasteiger partial charge in [-0.05, 0) is 18.2 Å². The van der Waals surface area contributed by atoms with Crippen LogP contribution in [0.5, 0.6) is 0 Å². The Hall–Kier alpha value is -1.62. The van der Waals surface area contributed by atoms with E-state index in [9.17, 15) is 9.18 Å². The summed E-state index contributed by atoms with van der Waals surface area (Å²) >= 11 is 0. The summed E-state index contributed by atoms with van der Waals surface area (Å²) in [6.45, 7) is -0.322. The van der Waals surface area contributed by atoms with Crippen LogP contribution in [0.4, 0.5) is 14.9 Å². The minimum atomic E-state index is -0.718. The van der Waals surface area contributed by atoms with Gasteiger partial charge in [-0.15, -0.1) is 0 Å². The molecule has 0 radical (unpaired) electrons. The van der Waals surface area contributed by atoms with Gasteiger partial charge in [0, 0.05) is 5.69 Å². The number of hydrogen-bond donors (Lipinski definition) is 2. The molecule has 1 rings (SSSR count). The van der Waals surface area contributed by atoms with Gasteiger partial charge in [-0.2, -0.15) is 0 Å². The third-order valence-electron chi connectivity index (χ3n) is 1.40. The van der Waals surface area contributed by atoms with Crippen molar-refractivity contribution in [2.45, 2.75) is 0 Å². The zero-order valence-electron chi connectivity index (χ0n) is 7.37. The molecule has 0 aromatic heterocycles. The first-order valence-electron chi connectivity index (χ1n) is 4.02. The normalized spacial score (nSPS) is 9.57. The third kappa shape index (κ3) is 3.40. The lowest BCUT2D eigenvalue weighted by Crippen LogP contribution is -2.15. The van der Waals surface area contributed by atoms with Gasteiger partial charge in [-0.1, -0.05) is 6.07 Å². The lowest BCUT2D eigenvalue weighted by molar-refractivity contribution is 0.131. The Morgan fingerprint density at radius 2 is 2.36 bits per heavy atom. The van der Waals surface area contributed by atoms with Gasteiger partial charge in [0.05, 0.1) is 6.61 Å². The molecular formula is C9H10FNO3. The molecule has 0 spiro atoms. The zero-order valence-corrected chi connectivity index (χ0v) is 7.37. The van der Waals surface area contributed by atoms with Gasteiger partial charge < -0.3 is 9.84 Å². The Labute approximate surface area is 80.3 Å². The fraction of sp³-hybridized carbons (Fsp3) is 0.222. The van der Waals surface area contributed by atoms with E-state index in [1.807, 2.05) is 0 Å². The number of aliphatic hydroxyl groups excluding tert-OH is 1. The minimum absolute atomic E-state index is 0.0822. The van der Waals surface area contributed by atoms with Crippen molar-refractivity contribution >= 4 is 11.8 Å². The molecule has 0 heterocycles. The van der Waals surface area contributed by atoms with E-state index < -0.39 is 11.9 Å². The number of nitrogens with one attached hydrogen (secondary N) is 1. The molecule has 0 atom stereocenters. The fourth-order valence-electron chi connectivity index (χ4n) is 0.859. The Balaban J connectivity index is 2.47. The summed E-state index contributed by atoms with van der Waals surface area (Å²) in [5, 5.41) is 10.7. The molecule has 0 fully saturated rings. The second kappa shape index (κ2) is 5.18. The predicted octanol–water partition coefficient (Wildman–Crippen LogP) is 1.37. The average molecular weight is 199 g/mol. The molecule has 0 aliphatic rings. The van der Waals surface area contributed by atoms with Crippen LogP contribution in [0, 0.1) is 5.82 Å². The molecule has 0 saturated carbocycles. The van der Waals surface area contributed by atoms with Gasteiger partial charge in [-0.3, -0.25) is 5.32 Å². The summed E-state index contributed by atoms with van der Waals surface area (Å²) in [5.74, 6) is -0.440. The first-order chi connectivity index (χ1) is 6.72. The number of rotatable bonds is 3. The predicted molar refractivity (Wildman–Crippen MR) is 48.5 cm³/mol. The molecule has 0 saturated heterocycles. The van der Waals surface area contributed by atoms with Crippen molar-refractivity contribution in [2.24, 2.45) is 0 Å². The highest BCUT2D eigenvalue weighted by Gasteiger charge is 2.02. The van der Waals surface area contributed by atoms with E-state index in [0.29, 0.717) is 5.69 Å². The maximum atomic E-state index is 12.6. The van der Waals surface area contributed by atoms with E-state index in [1.165, 1.54) is 24.3 Å². The van der Waals surface area contributed by atoms with Gasteiger partial charge in [0.2, 0.25) is 0 Å². The van der Waals surface area contributed by atoms with Crippen LogP contribution in [-0.2, 0) is 4.74 Å². The van der Waals surface area contributed by atoms with Crippen molar-refractivity contribution in [3.05, 3.63) is 30.1 Å². The standard InChI is InChI=1S/C9H10FNO3/c10-7-2-1-3-8(6-7)11-9(13)14-5-4-12/h1-3,6,12H,4-5H2,(H,11,13). The van der Waals surface area contributed by atoms with Crippen LogP contribution in [0.2, 0.25) is 0 Å². The summed E-state index contributed by atoms with van der Waals surface area (Å²) in [7, 11) is 0. The highest BCUT2D eigenvalue weighted by atomic mass is 19.1. The van der Waals surface area contributed by atoms with Crippen LogP contribution in [0.3, 0.4) is 0 Å². The lowest BCUT2D eigenvalue weighted by atomic mass is 10.3. The highest BCUT2D eigenvalue weighted by Crippen LogP contribution is 2.08. The lowest BCUT2D eigenvalue weighted by Gasteiger charge is -2.05. The molecule has 0 unspecified atom stereocenters.